The highest BCUT2D eigenvalue weighted by Crippen LogP contribution is 2.32. The van der Waals surface area contributed by atoms with E-state index < -0.39 is 0 Å². The molecule has 23 heavy (non-hydrogen) atoms. The van der Waals surface area contributed by atoms with Crippen LogP contribution in [0.25, 0.3) is 0 Å². The molecule has 1 amide bonds. The second-order valence-electron chi connectivity index (χ2n) is 5.41. The number of piperidine rings is 1. The lowest BCUT2D eigenvalue weighted by Gasteiger charge is -2.32. The van der Waals surface area contributed by atoms with Crippen molar-refractivity contribution in [2.24, 2.45) is 0 Å². The summed E-state index contributed by atoms with van der Waals surface area (Å²) in [5, 5.41) is 13.4. The van der Waals surface area contributed by atoms with Crippen LogP contribution in [0.5, 0.6) is 0 Å². The molecule has 1 saturated heterocycles. The first-order valence-electron chi connectivity index (χ1n) is 7.26. The monoisotopic (exact) mass is 366 g/mol. The molecule has 0 bridgehead atoms. The van der Waals surface area contributed by atoms with Crippen LogP contribution < -0.4 is 10.2 Å². The molecular weight excluding hydrogens is 352 g/mol. The van der Waals surface area contributed by atoms with Gasteiger partial charge < -0.3 is 10.2 Å². The molecule has 0 radical (unpaired) electrons. The standard InChI is InChI=1S/C15H15ClN4OS2/c1-9-2-3-12(22-9)14(21)18-10-4-6-20(7-5-10)15-11(8-17)13(16)19-23-15/h2-3,10H,4-7H2,1H3,(H,18,21). The molecule has 3 rings (SSSR count). The molecule has 0 spiro atoms. The highest BCUT2D eigenvalue weighted by molar-refractivity contribution is 7.14. The molecular formula is C15H15ClN4OS2. The SMILES string of the molecule is Cc1ccc(C(=O)NC2CCN(c3snc(Cl)c3C#N)CC2)s1. The van der Waals surface area contributed by atoms with Gasteiger partial charge in [-0.2, -0.15) is 9.64 Å². The number of nitrogens with one attached hydrogen (secondary N) is 1. The average molecular weight is 367 g/mol. The third-order valence-electron chi connectivity index (χ3n) is 3.83. The number of halogens is 1. The molecule has 2 aromatic heterocycles. The molecule has 1 fully saturated rings. The van der Waals surface area contributed by atoms with Crippen LogP contribution in [0.3, 0.4) is 0 Å². The molecule has 0 unspecified atom stereocenters. The second-order valence-corrected chi connectivity index (χ2v) is 7.81. The fourth-order valence-electron chi connectivity index (χ4n) is 2.61. The number of carbonyl (C=O) groups excluding carboxylic acids is 1. The van der Waals surface area contributed by atoms with Gasteiger partial charge in [-0.1, -0.05) is 11.6 Å². The summed E-state index contributed by atoms with van der Waals surface area (Å²) in [6.45, 7) is 3.55. The van der Waals surface area contributed by atoms with Gasteiger partial charge in [-0.3, -0.25) is 4.79 Å². The Hall–Kier alpha value is -1.62. The zero-order valence-electron chi connectivity index (χ0n) is 12.5. The van der Waals surface area contributed by atoms with E-state index in [1.165, 1.54) is 22.9 Å². The Morgan fingerprint density at radius 3 is 2.83 bits per heavy atom. The molecule has 0 aromatic carbocycles. The van der Waals surface area contributed by atoms with Crippen molar-refractivity contribution in [1.29, 1.82) is 5.26 Å². The molecule has 3 heterocycles. The Bertz CT molecular complexity index is 756. The lowest BCUT2D eigenvalue weighted by atomic mass is 10.0. The van der Waals surface area contributed by atoms with Crippen molar-refractivity contribution in [2.75, 3.05) is 18.0 Å². The topological polar surface area (TPSA) is 69.0 Å². The Morgan fingerprint density at radius 2 is 2.22 bits per heavy atom. The van der Waals surface area contributed by atoms with E-state index in [4.69, 9.17) is 16.9 Å². The number of hydrogen-bond acceptors (Lipinski definition) is 6. The number of aromatic nitrogens is 1. The number of anilines is 1. The minimum atomic E-state index is 0.0000913. The smallest absolute Gasteiger partial charge is 0.261 e. The van der Waals surface area contributed by atoms with Crippen molar-refractivity contribution in [3.8, 4) is 6.07 Å². The zero-order valence-corrected chi connectivity index (χ0v) is 14.9. The Kier molecular flexibility index (Phi) is 4.85. The van der Waals surface area contributed by atoms with Crippen LogP contribution in [-0.4, -0.2) is 29.4 Å². The fraction of sp³-hybridized carbons (Fsp3) is 0.400. The van der Waals surface area contributed by atoms with Crippen LogP contribution >= 0.6 is 34.5 Å². The van der Waals surface area contributed by atoms with Crippen molar-refractivity contribution < 1.29 is 4.79 Å². The molecule has 1 N–H and O–H groups in total. The van der Waals surface area contributed by atoms with Crippen LogP contribution in [0.15, 0.2) is 12.1 Å². The van der Waals surface area contributed by atoms with Crippen LogP contribution in [0.1, 0.15) is 33.0 Å². The maximum Gasteiger partial charge on any atom is 0.261 e. The number of carbonyl (C=O) groups is 1. The van der Waals surface area contributed by atoms with Crippen LogP contribution in [0, 0.1) is 18.3 Å². The largest absolute Gasteiger partial charge is 0.361 e. The van der Waals surface area contributed by atoms with Crippen molar-refractivity contribution in [2.45, 2.75) is 25.8 Å². The molecule has 1 aliphatic heterocycles. The van der Waals surface area contributed by atoms with Crippen molar-refractivity contribution >= 4 is 45.4 Å². The van der Waals surface area contributed by atoms with Gasteiger partial charge in [0.1, 0.15) is 16.6 Å². The molecule has 0 atom stereocenters. The van der Waals surface area contributed by atoms with Crippen LogP contribution in [0.4, 0.5) is 5.00 Å². The third kappa shape index (κ3) is 3.50. The van der Waals surface area contributed by atoms with Gasteiger partial charge in [0.2, 0.25) is 0 Å². The van der Waals surface area contributed by atoms with Crippen molar-refractivity contribution in [1.82, 2.24) is 9.69 Å². The van der Waals surface area contributed by atoms with E-state index in [0.717, 1.165) is 40.7 Å². The highest BCUT2D eigenvalue weighted by Gasteiger charge is 2.25. The first-order valence-corrected chi connectivity index (χ1v) is 9.23. The summed E-state index contributed by atoms with van der Waals surface area (Å²) in [6, 6.07) is 6.10. The number of amides is 1. The fourth-order valence-corrected chi connectivity index (χ4v) is 4.46. The number of thiophene rings is 1. The van der Waals surface area contributed by atoms with Gasteiger partial charge in [0, 0.05) is 24.0 Å². The summed E-state index contributed by atoms with van der Waals surface area (Å²) in [5.41, 5.74) is 0.452. The van der Waals surface area contributed by atoms with Gasteiger partial charge in [0.15, 0.2) is 5.15 Å². The van der Waals surface area contributed by atoms with Crippen LogP contribution in [-0.2, 0) is 0 Å². The molecule has 0 aliphatic carbocycles. The molecule has 8 heteroatoms. The summed E-state index contributed by atoms with van der Waals surface area (Å²) in [6.07, 6.45) is 1.69. The summed E-state index contributed by atoms with van der Waals surface area (Å²) in [7, 11) is 0. The van der Waals surface area contributed by atoms with E-state index >= 15 is 0 Å². The quantitative estimate of drug-likeness (QED) is 0.903. The van der Waals surface area contributed by atoms with Gasteiger partial charge in [-0.25, -0.2) is 0 Å². The number of nitrogens with zero attached hydrogens (tertiary/aromatic N) is 3. The number of rotatable bonds is 3. The summed E-state index contributed by atoms with van der Waals surface area (Å²) in [5.74, 6) is 0.0000913. The Labute approximate surface area is 147 Å². The van der Waals surface area contributed by atoms with Gasteiger partial charge in [-0.15, -0.1) is 11.3 Å². The third-order valence-corrected chi connectivity index (χ3v) is 6.11. The number of aryl methyl sites for hydroxylation is 1. The van der Waals surface area contributed by atoms with Gasteiger partial charge >= 0.3 is 0 Å². The first kappa shape index (κ1) is 16.2. The minimum absolute atomic E-state index is 0.0000913. The van der Waals surface area contributed by atoms with Gasteiger partial charge in [-0.05, 0) is 43.4 Å². The maximum absolute atomic E-state index is 12.2. The Balaban J connectivity index is 1.58. The van der Waals surface area contributed by atoms with E-state index in [0.29, 0.717) is 5.56 Å². The van der Waals surface area contributed by atoms with E-state index in [1.54, 1.807) is 0 Å². The van der Waals surface area contributed by atoms with E-state index in [1.807, 2.05) is 19.1 Å². The zero-order chi connectivity index (χ0) is 16.4. The number of nitriles is 1. The molecule has 1 aliphatic rings. The minimum Gasteiger partial charge on any atom is -0.361 e. The predicted molar refractivity (Wildman–Crippen MR) is 93.6 cm³/mol. The maximum atomic E-state index is 12.2. The van der Waals surface area contributed by atoms with Crippen molar-refractivity contribution in [3.63, 3.8) is 0 Å². The molecule has 2 aromatic rings. The normalized spacial score (nSPS) is 15.4. The molecule has 0 saturated carbocycles. The predicted octanol–water partition coefficient (Wildman–Crippen LogP) is 3.44. The lowest BCUT2D eigenvalue weighted by Crippen LogP contribution is -2.44. The Morgan fingerprint density at radius 1 is 1.48 bits per heavy atom. The summed E-state index contributed by atoms with van der Waals surface area (Å²) < 4.78 is 4.05. The summed E-state index contributed by atoms with van der Waals surface area (Å²) in [4.78, 5) is 16.2. The van der Waals surface area contributed by atoms with Crippen LogP contribution in [0.2, 0.25) is 5.15 Å². The molecule has 120 valence electrons. The second kappa shape index (κ2) is 6.87. The van der Waals surface area contributed by atoms with E-state index in [9.17, 15) is 4.79 Å². The highest BCUT2D eigenvalue weighted by atomic mass is 35.5. The first-order chi connectivity index (χ1) is 11.1. The van der Waals surface area contributed by atoms with E-state index in [2.05, 4.69) is 20.7 Å². The average Bonchev–Trinajstić information content (AvgIpc) is 3.14. The van der Waals surface area contributed by atoms with E-state index in [-0.39, 0.29) is 17.1 Å². The van der Waals surface area contributed by atoms with Crippen molar-refractivity contribution in [3.05, 3.63) is 32.6 Å². The summed E-state index contributed by atoms with van der Waals surface area (Å²) >= 11 is 8.69. The van der Waals surface area contributed by atoms with Gasteiger partial charge in [0.05, 0.1) is 4.88 Å². The number of hydrogen-bond donors (Lipinski definition) is 1. The lowest BCUT2D eigenvalue weighted by molar-refractivity contribution is 0.0935. The molecule has 5 nitrogen and oxygen atoms in total. The van der Waals surface area contributed by atoms with Gasteiger partial charge in [0.25, 0.3) is 5.91 Å².